The molecule has 4 heteroatoms. The molecular formula is C12H19N3O. The van der Waals surface area contributed by atoms with E-state index in [9.17, 15) is 0 Å². The zero-order valence-corrected chi connectivity index (χ0v) is 9.72. The largest absolute Gasteiger partial charge is 0.399 e. The number of anilines is 2. The molecule has 1 aromatic rings. The standard InChI is InChI=1S/C12H19N3O/c1-2-16-11-4-7-15(8-5-11)12-9-10(13)3-6-14-12/h3,6,9,11H,2,4-5,7-8H2,1H3,(H2,13,14). The van der Waals surface area contributed by atoms with E-state index in [4.69, 9.17) is 10.5 Å². The number of rotatable bonds is 3. The van der Waals surface area contributed by atoms with E-state index < -0.39 is 0 Å². The number of pyridine rings is 1. The molecule has 1 saturated heterocycles. The molecular weight excluding hydrogens is 202 g/mol. The molecule has 0 aliphatic carbocycles. The van der Waals surface area contributed by atoms with Crippen LogP contribution in [0.1, 0.15) is 19.8 Å². The van der Waals surface area contributed by atoms with Gasteiger partial charge < -0.3 is 15.4 Å². The summed E-state index contributed by atoms with van der Waals surface area (Å²) in [5, 5.41) is 0. The fraction of sp³-hybridized carbons (Fsp3) is 0.583. The summed E-state index contributed by atoms with van der Waals surface area (Å²) >= 11 is 0. The van der Waals surface area contributed by atoms with Crippen molar-refractivity contribution >= 4 is 11.5 Å². The molecule has 4 nitrogen and oxygen atoms in total. The van der Waals surface area contributed by atoms with Crippen molar-refractivity contribution in [2.75, 3.05) is 30.3 Å². The molecule has 0 spiro atoms. The molecule has 0 bridgehead atoms. The quantitative estimate of drug-likeness (QED) is 0.843. The zero-order chi connectivity index (χ0) is 11.4. The van der Waals surface area contributed by atoms with Gasteiger partial charge in [-0.05, 0) is 25.8 Å². The van der Waals surface area contributed by atoms with E-state index in [0.29, 0.717) is 6.10 Å². The van der Waals surface area contributed by atoms with Crippen LogP contribution in [0.4, 0.5) is 11.5 Å². The summed E-state index contributed by atoms with van der Waals surface area (Å²) in [6.45, 7) is 4.86. The van der Waals surface area contributed by atoms with Gasteiger partial charge in [0.25, 0.3) is 0 Å². The van der Waals surface area contributed by atoms with Gasteiger partial charge >= 0.3 is 0 Å². The highest BCUT2D eigenvalue weighted by atomic mass is 16.5. The molecule has 0 atom stereocenters. The van der Waals surface area contributed by atoms with Crippen molar-refractivity contribution in [1.29, 1.82) is 0 Å². The van der Waals surface area contributed by atoms with E-state index in [1.54, 1.807) is 6.20 Å². The summed E-state index contributed by atoms with van der Waals surface area (Å²) in [6.07, 6.45) is 4.33. The highest BCUT2D eigenvalue weighted by Gasteiger charge is 2.19. The average Bonchev–Trinajstić information content (AvgIpc) is 2.30. The Hall–Kier alpha value is -1.29. The van der Waals surface area contributed by atoms with E-state index in [1.165, 1.54) is 0 Å². The summed E-state index contributed by atoms with van der Waals surface area (Å²) in [5.74, 6) is 0.981. The third kappa shape index (κ3) is 2.64. The van der Waals surface area contributed by atoms with Crippen molar-refractivity contribution in [3.63, 3.8) is 0 Å². The first-order valence-corrected chi connectivity index (χ1v) is 5.87. The summed E-state index contributed by atoms with van der Waals surface area (Å²) in [4.78, 5) is 6.61. The van der Waals surface area contributed by atoms with Crippen molar-refractivity contribution in [2.45, 2.75) is 25.9 Å². The lowest BCUT2D eigenvalue weighted by atomic mass is 10.1. The van der Waals surface area contributed by atoms with Crippen LogP contribution in [0.25, 0.3) is 0 Å². The third-order valence-electron chi connectivity index (χ3n) is 2.94. The Balaban J connectivity index is 1.94. The van der Waals surface area contributed by atoms with Crippen LogP contribution < -0.4 is 10.6 Å². The summed E-state index contributed by atoms with van der Waals surface area (Å²) in [6, 6.07) is 3.75. The van der Waals surface area contributed by atoms with Gasteiger partial charge in [-0.1, -0.05) is 0 Å². The number of nitrogen functional groups attached to an aromatic ring is 1. The molecule has 0 saturated carbocycles. The topological polar surface area (TPSA) is 51.4 Å². The molecule has 2 heterocycles. The number of nitrogens with zero attached hydrogens (tertiary/aromatic N) is 2. The van der Waals surface area contributed by atoms with Crippen molar-refractivity contribution in [3.8, 4) is 0 Å². The molecule has 2 rings (SSSR count). The minimum Gasteiger partial charge on any atom is -0.399 e. The Morgan fingerprint density at radius 2 is 2.25 bits per heavy atom. The second-order valence-corrected chi connectivity index (χ2v) is 4.09. The Kier molecular flexibility index (Phi) is 3.62. The Morgan fingerprint density at radius 3 is 2.88 bits per heavy atom. The third-order valence-corrected chi connectivity index (χ3v) is 2.94. The average molecular weight is 221 g/mol. The van der Waals surface area contributed by atoms with Crippen LogP contribution in [-0.2, 0) is 4.74 Å². The van der Waals surface area contributed by atoms with Crippen LogP contribution in [0.15, 0.2) is 18.3 Å². The Labute approximate surface area is 96.4 Å². The number of piperidine rings is 1. The number of hydrogen-bond donors (Lipinski definition) is 1. The predicted octanol–water partition coefficient (Wildman–Crippen LogP) is 1.67. The molecule has 1 fully saturated rings. The molecule has 0 amide bonds. The van der Waals surface area contributed by atoms with Crippen molar-refractivity contribution in [3.05, 3.63) is 18.3 Å². The molecule has 2 N–H and O–H groups in total. The second-order valence-electron chi connectivity index (χ2n) is 4.09. The molecule has 0 unspecified atom stereocenters. The van der Waals surface area contributed by atoms with Gasteiger partial charge in [0.05, 0.1) is 6.10 Å². The van der Waals surface area contributed by atoms with Crippen LogP contribution in [0.5, 0.6) is 0 Å². The molecule has 1 aliphatic heterocycles. The first-order valence-electron chi connectivity index (χ1n) is 5.87. The number of aromatic nitrogens is 1. The normalized spacial score (nSPS) is 17.7. The van der Waals surface area contributed by atoms with Crippen molar-refractivity contribution in [1.82, 2.24) is 4.98 Å². The molecule has 1 aromatic heterocycles. The van der Waals surface area contributed by atoms with Gasteiger partial charge in [-0.15, -0.1) is 0 Å². The van der Waals surface area contributed by atoms with Gasteiger partial charge in [-0.3, -0.25) is 0 Å². The van der Waals surface area contributed by atoms with Crippen LogP contribution in [-0.4, -0.2) is 30.8 Å². The van der Waals surface area contributed by atoms with E-state index in [1.807, 2.05) is 19.1 Å². The SMILES string of the molecule is CCOC1CCN(c2cc(N)ccn2)CC1. The van der Waals surface area contributed by atoms with Gasteiger partial charge in [-0.2, -0.15) is 0 Å². The highest BCUT2D eigenvalue weighted by Crippen LogP contribution is 2.20. The Bertz CT molecular complexity index is 335. The van der Waals surface area contributed by atoms with Crippen molar-refractivity contribution in [2.24, 2.45) is 0 Å². The summed E-state index contributed by atoms with van der Waals surface area (Å²) in [7, 11) is 0. The minimum atomic E-state index is 0.419. The second kappa shape index (κ2) is 5.16. The fourth-order valence-corrected chi connectivity index (χ4v) is 2.09. The first kappa shape index (κ1) is 11.2. The monoisotopic (exact) mass is 221 g/mol. The lowest BCUT2D eigenvalue weighted by molar-refractivity contribution is 0.0458. The van der Waals surface area contributed by atoms with Gasteiger partial charge in [0, 0.05) is 37.6 Å². The minimum absolute atomic E-state index is 0.419. The fourth-order valence-electron chi connectivity index (χ4n) is 2.09. The molecule has 0 radical (unpaired) electrons. The van der Waals surface area contributed by atoms with E-state index in [0.717, 1.165) is 44.0 Å². The summed E-state index contributed by atoms with van der Waals surface area (Å²) in [5.41, 5.74) is 6.52. The van der Waals surface area contributed by atoms with Gasteiger partial charge in [0.1, 0.15) is 5.82 Å². The lowest BCUT2D eigenvalue weighted by Crippen LogP contribution is -2.37. The van der Waals surface area contributed by atoms with E-state index in [2.05, 4.69) is 9.88 Å². The van der Waals surface area contributed by atoms with Crippen molar-refractivity contribution < 1.29 is 4.74 Å². The maximum atomic E-state index is 5.75. The maximum absolute atomic E-state index is 5.75. The van der Waals surface area contributed by atoms with Gasteiger partial charge in [-0.25, -0.2) is 4.98 Å². The smallest absolute Gasteiger partial charge is 0.130 e. The predicted molar refractivity (Wildman–Crippen MR) is 65.5 cm³/mol. The van der Waals surface area contributed by atoms with Crippen LogP contribution in [0.2, 0.25) is 0 Å². The van der Waals surface area contributed by atoms with Gasteiger partial charge in [0.2, 0.25) is 0 Å². The zero-order valence-electron chi connectivity index (χ0n) is 9.72. The lowest BCUT2D eigenvalue weighted by Gasteiger charge is -2.32. The van der Waals surface area contributed by atoms with Crippen LogP contribution in [0.3, 0.4) is 0 Å². The number of nitrogens with two attached hydrogens (primary N) is 1. The van der Waals surface area contributed by atoms with Gasteiger partial charge in [0.15, 0.2) is 0 Å². The van der Waals surface area contributed by atoms with E-state index in [-0.39, 0.29) is 0 Å². The first-order chi connectivity index (χ1) is 7.79. The molecule has 16 heavy (non-hydrogen) atoms. The number of hydrogen-bond acceptors (Lipinski definition) is 4. The molecule has 88 valence electrons. The van der Waals surface area contributed by atoms with E-state index >= 15 is 0 Å². The maximum Gasteiger partial charge on any atom is 0.130 e. The number of ether oxygens (including phenoxy) is 1. The molecule has 1 aliphatic rings. The highest BCUT2D eigenvalue weighted by molar-refractivity contribution is 5.50. The van der Waals surface area contributed by atoms with Crippen LogP contribution >= 0.6 is 0 Å². The summed E-state index contributed by atoms with van der Waals surface area (Å²) < 4.78 is 5.62. The van der Waals surface area contributed by atoms with Crippen LogP contribution in [0, 0.1) is 0 Å². The molecule has 0 aromatic carbocycles. The Morgan fingerprint density at radius 1 is 1.50 bits per heavy atom.